The number of methoxy groups -OCH3 is 1. The van der Waals surface area contributed by atoms with Gasteiger partial charge in [0.25, 0.3) is 11.5 Å². The second-order valence-corrected chi connectivity index (χ2v) is 7.38. The first-order valence-corrected chi connectivity index (χ1v) is 10.00. The van der Waals surface area contributed by atoms with E-state index in [1.54, 1.807) is 37.4 Å². The number of ether oxygens (including phenoxy) is 1. The molecular formula is C23H24N4O3. The summed E-state index contributed by atoms with van der Waals surface area (Å²) in [6, 6.07) is 14.4. The summed E-state index contributed by atoms with van der Waals surface area (Å²) in [5.74, 6) is 1.63. The standard InChI is InChI=1S/C23H24N4O3/c1-26-19(7-5-9-21(26)28)23(29)27-14-11-16(12-15-27)22-24-13-10-18(25-22)17-6-3-4-8-20(17)30-2/h3-10,13,16H,11-12,14-15H2,1-2H3. The van der Waals surface area contributed by atoms with Crippen molar-refractivity contribution >= 4 is 5.91 Å². The molecule has 0 N–H and O–H groups in total. The molecule has 4 rings (SSSR count). The van der Waals surface area contributed by atoms with Crippen LogP contribution in [0.5, 0.6) is 5.75 Å². The number of nitrogens with zero attached hydrogens (tertiary/aromatic N) is 4. The van der Waals surface area contributed by atoms with Gasteiger partial charge in [-0.3, -0.25) is 9.59 Å². The Morgan fingerprint density at radius 2 is 1.83 bits per heavy atom. The van der Waals surface area contributed by atoms with Gasteiger partial charge in [0.1, 0.15) is 17.3 Å². The number of benzene rings is 1. The number of carbonyl (C=O) groups excluding carboxylic acids is 1. The minimum Gasteiger partial charge on any atom is -0.496 e. The maximum Gasteiger partial charge on any atom is 0.270 e. The first kappa shape index (κ1) is 19.8. The molecule has 1 amide bonds. The first-order valence-electron chi connectivity index (χ1n) is 10.00. The summed E-state index contributed by atoms with van der Waals surface area (Å²) in [6.45, 7) is 1.21. The van der Waals surface area contributed by atoms with Crippen LogP contribution in [0.1, 0.15) is 35.1 Å². The van der Waals surface area contributed by atoms with Crippen molar-refractivity contribution in [1.29, 1.82) is 0 Å². The molecule has 0 unspecified atom stereocenters. The Bertz CT molecular complexity index is 1120. The van der Waals surface area contributed by atoms with E-state index >= 15 is 0 Å². The van der Waals surface area contributed by atoms with E-state index in [1.807, 2.05) is 30.3 Å². The number of carbonyl (C=O) groups is 1. The van der Waals surface area contributed by atoms with Crippen LogP contribution < -0.4 is 10.3 Å². The largest absolute Gasteiger partial charge is 0.496 e. The number of para-hydroxylation sites is 1. The van der Waals surface area contributed by atoms with Crippen LogP contribution in [0.25, 0.3) is 11.3 Å². The van der Waals surface area contributed by atoms with Crippen molar-refractivity contribution in [3.8, 4) is 17.0 Å². The summed E-state index contributed by atoms with van der Waals surface area (Å²) in [6.07, 6.45) is 3.34. The van der Waals surface area contributed by atoms with Crippen LogP contribution in [0.15, 0.2) is 59.5 Å². The van der Waals surface area contributed by atoms with E-state index < -0.39 is 0 Å². The molecule has 0 atom stereocenters. The highest BCUT2D eigenvalue weighted by molar-refractivity contribution is 5.92. The van der Waals surface area contributed by atoms with Gasteiger partial charge in [-0.15, -0.1) is 0 Å². The topological polar surface area (TPSA) is 77.3 Å². The predicted molar refractivity (Wildman–Crippen MR) is 114 cm³/mol. The highest BCUT2D eigenvalue weighted by atomic mass is 16.5. The molecule has 1 aliphatic heterocycles. The lowest BCUT2D eigenvalue weighted by molar-refractivity contribution is 0.0700. The van der Waals surface area contributed by atoms with E-state index in [0.717, 1.165) is 35.7 Å². The average Bonchev–Trinajstić information content (AvgIpc) is 2.80. The number of hydrogen-bond acceptors (Lipinski definition) is 5. The number of rotatable bonds is 4. The summed E-state index contributed by atoms with van der Waals surface area (Å²) in [7, 11) is 3.27. The molecule has 30 heavy (non-hydrogen) atoms. The molecule has 0 saturated carbocycles. The summed E-state index contributed by atoms with van der Waals surface area (Å²) in [4.78, 5) is 35.8. The molecule has 7 nitrogen and oxygen atoms in total. The maximum absolute atomic E-state index is 12.8. The predicted octanol–water partition coefficient (Wildman–Crippen LogP) is 2.87. The van der Waals surface area contributed by atoms with Crippen LogP contribution in [0.3, 0.4) is 0 Å². The van der Waals surface area contributed by atoms with Gasteiger partial charge in [-0.05, 0) is 37.1 Å². The van der Waals surface area contributed by atoms with Gasteiger partial charge >= 0.3 is 0 Å². The van der Waals surface area contributed by atoms with Crippen LogP contribution in [0.4, 0.5) is 0 Å². The summed E-state index contributed by atoms with van der Waals surface area (Å²) in [5, 5.41) is 0. The zero-order valence-electron chi connectivity index (χ0n) is 17.1. The molecule has 3 aromatic rings. The number of aromatic nitrogens is 3. The molecule has 2 aromatic heterocycles. The average molecular weight is 404 g/mol. The van der Waals surface area contributed by atoms with Crippen molar-refractivity contribution in [3.63, 3.8) is 0 Å². The monoisotopic (exact) mass is 404 g/mol. The summed E-state index contributed by atoms with van der Waals surface area (Å²) >= 11 is 0. The normalized spacial score (nSPS) is 14.5. The van der Waals surface area contributed by atoms with E-state index in [0.29, 0.717) is 18.8 Å². The molecule has 0 radical (unpaired) electrons. The second-order valence-electron chi connectivity index (χ2n) is 7.38. The Balaban J connectivity index is 1.49. The Morgan fingerprint density at radius 3 is 2.60 bits per heavy atom. The highest BCUT2D eigenvalue weighted by Gasteiger charge is 2.27. The van der Waals surface area contributed by atoms with Crippen molar-refractivity contribution in [3.05, 3.63) is 76.6 Å². The Hall–Kier alpha value is -3.48. The highest BCUT2D eigenvalue weighted by Crippen LogP contribution is 2.31. The summed E-state index contributed by atoms with van der Waals surface area (Å²) < 4.78 is 6.85. The Kier molecular flexibility index (Phi) is 5.61. The fourth-order valence-corrected chi connectivity index (χ4v) is 3.86. The third-order valence-electron chi connectivity index (χ3n) is 5.61. The van der Waals surface area contributed by atoms with Crippen LogP contribution in [-0.4, -0.2) is 45.5 Å². The van der Waals surface area contributed by atoms with Gasteiger partial charge < -0.3 is 14.2 Å². The number of amides is 1. The van der Waals surface area contributed by atoms with Crippen molar-refractivity contribution in [2.75, 3.05) is 20.2 Å². The lowest BCUT2D eigenvalue weighted by Crippen LogP contribution is -2.40. The zero-order chi connectivity index (χ0) is 21.1. The van der Waals surface area contributed by atoms with Crippen molar-refractivity contribution in [2.45, 2.75) is 18.8 Å². The molecule has 7 heteroatoms. The molecule has 0 bridgehead atoms. The van der Waals surface area contributed by atoms with Crippen LogP contribution in [0, 0.1) is 0 Å². The number of pyridine rings is 1. The second kappa shape index (κ2) is 8.49. The van der Waals surface area contributed by atoms with Gasteiger partial charge in [0.05, 0.1) is 12.8 Å². The molecule has 1 fully saturated rings. The van der Waals surface area contributed by atoms with Gasteiger partial charge in [-0.1, -0.05) is 18.2 Å². The Labute approximate surface area is 175 Å². The molecule has 0 spiro atoms. The number of piperidine rings is 1. The van der Waals surface area contributed by atoms with E-state index in [-0.39, 0.29) is 17.4 Å². The molecule has 1 aliphatic rings. The lowest BCUT2D eigenvalue weighted by Gasteiger charge is -2.31. The first-order chi connectivity index (χ1) is 14.6. The van der Waals surface area contributed by atoms with Crippen molar-refractivity contribution in [2.24, 2.45) is 7.05 Å². The molecule has 0 aliphatic carbocycles. The van der Waals surface area contributed by atoms with Crippen LogP contribution in [-0.2, 0) is 7.05 Å². The van der Waals surface area contributed by atoms with E-state index in [1.165, 1.54) is 10.6 Å². The van der Waals surface area contributed by atoms with Gasteiger partial charge in [0.2, 0.25) is 0 Å². The Morgan fingerprint density at radius 1 is 1.07 bits per heavy atom. The molecule has 154 valence electrons. The molecule has 1 aromatic carbocycles. The minimum atomic E-state index is -0.183. The zero-order valence-corrected chi connectivity index (χ0v) is 17.1. The van der Waals surface area contributed by atoms with E-state index in [9.17, 15) is 9.59 Å². The lowest BCUT2D eigenvalue weighted by atomic mass is 9.95. The van der Waals surface area contributed by atoms with Gasteiger partial charge in [0, 0.05) is 43.9 Å². The number of hydrogen-bond donors (Lipinski definition) is 0. The SMILES string of the molecule is COc1ccccc1-c1ccnc(C2CCN(C(=O)c3cccc(=O)n3C)CC2)n1. The van der Waals surface area contributed by atoms with Gasteiger partial charge in [-0.2, -0.15) is 0 Å². The summed E-state index contributed by atoms with van der Waals surface area (Å²) in [5.41, 5.74) is 1.99. The van der Waals surface area contributed by atoms with Gasteiger partial charge in [-0.25, -0.2) is 9.97 Å². The van der Waals surface area contributed by atoms with Crippen LogP contribution >= 0.6 is 0 Å². The molecular weight excluding hydrogens is 380 g/mol. The maximum atomic E-state index is 12.8. The van der Waals surface area contributed by atoms with E-state index in [4.69, 9.17) is 9.72 Å². The number of likely N-dealkylation sites (tertiary alicyclic amines) is 1. The molecule has 3 heterocycles. The van der Waals surface area contributed by atoms with Crippen LogP contribution in [0.2, 0.25) is 0 Å². The third-order valence-corrected chi connectivity index (χ3v) is 5.61. The van der Waals surface area contributed by atoms with Gasteiger partial charge in [0.15, 0.2) is 0 Å². The van der Waals surface area contributed by atoms with Crippen molar-refractivity contribution < 1.29 is 9.53 Å². The quantitative estimate of drug-likeness (QED) is 0.668. The third kappa shape index (κ3) is 3.83. The fraction of sp³-hybridized carbons (Fsp3) is 0.304. The minimum absolute atomic E-state index is 0.114. The van der Waals surface area contributed by atoms with E-state index in [2.05, 4.69) is 4.98 Å². The van der Waals surface area contributed by atoms with Crippen molar-refractivity contribution in [1.82, 2.24) is 19.4 Å². The molecule has 1 saturated heterocycles. The fourth-order valence-electron chi connectivity index (χ4n) is 3.86. The smallest absolute Gasteiger partial charge is 0.270 e.